The van der Waals surface area contributed by atoms with Gasteiger partial charge >= 0.3 is 0 Å². The van der Waals surface area contributed by atoms with E-state index in [9.17, 15) is 0 Å². The number of hydrogen-bond donors (Lipinski definition) is 2. The smallest absolute Gasteiger partial charge is 0.200 e. The molecular weight excluding hydrogens is 318 g/mol. The molecule has 1 saturated heterocycles. The number of aromatic amines is 1. The van der Waals surface area contributed by atoms with Crippen LogP contribution < -0.4 is 5.32 Å². The Bertz CT molecular complexity index is 977. The summed E-state index contributed by atoms with van der Waals surface area (Å²) in [6.07, 6.45) is 5.31. The molecule has 1 aliphatic rings. The number of thiophene rings is 1. The summed E-state index contributed by atoms with van der Waals surface area (Å²) in [4.78, 5) is 9.56. The van der Waals surface area contributed by atoms with E-state index >= 15 is 0 Å². The molecule has 122 valence electrons. The highest BCUT2D eigenvalue weighted by molar-refractivity contribution is 7.09. The highest BCUT2D eigenvalue weighted by Crippen LogP contribution is 2.36. The van der Waals surface area contributed by atoms with Crippen LogP contribution in [0.25, 0.3) is 22.0 Å². The maximum atomic E-state index is 6.03. The standard InChI is InChI=1S/C19H19N3OS/c1-2-13(24-9-1)10-17-22-19-16(23-17)4-3-15-18(19)14(11-21-15)12-5-7-20-8-6-12/h1-4,9,11-12,20-21H,5-8,10H2. The molecule has 0 amide bonds. The molecule has 0 saturated carbocycles. The largest absolute Gasteiger partial charge is 0.440 e. The third-order valence-corrected chi connectivity index (χ3v) is 5.84. The molecule has 1 fully saturated rings. The summed E-state index contributed by atoms with van der Waals surface area (Å²) >= 11 is 1.75. The van der Waals surface area contributed by atoms with Crippen LogP contribution in [0.4, 0.5) is 0 Å². The van der Waals surface area contributed by atoms with E-state index in [2.05, 4.69) is 40.1 Å². The van der Waals surface area contributed by atoms with Crippen molar-refractivity contribution in [3.63, 3.8) is 0 Å². The van der Waals surface area contributed by atoms with Crippen LogP contribution in [0, 0.1) is 0 Å². The molecule has 0 bridgehead atoms. The molecule has 5 rings (SSSR count). The SMILES string of the molecule is c1csc(Cc2nc3c(ccc4[nH]cc(C5CCNCC5)c43)o2)c1. The molecule has 4 nitrogen and oxygen atoms in total. The Kier molecular flexibility index (Phi) is 3.42. The zero-order valence-corrected chi connectivity index (χ0v) is 14.2. The number of H-pyrrole nitrogens is 1. The number of nitrogens with zero attached hydrogens (tertiary/aromatic N) is 1. The Morgan fingerprint density at radius 2 is 2.12 bits per heavy atom. The first-order chi connectivity index (χ1) is 11.9. The van der Waals surface area contributed by atoms with Crippen LogP contribution in [-0.2, 0) is 6.42 Å². The Morgan fingerprint density at radius 1 is 1.21 bits per heavy atom. The normalized spacial score (nSPS) is 16.3. The van der Waals surface area contributed by atoms with Gasteiger partial charge in [0.2, 0.25) is 5.89 Å². The monoisotopic (exact) mass is 337 g/mol. The summed E-state index contributed by atoms with van der Waals surface area (Å²) in [6, 6.07) is 8.35. The number of aromatic nitrogens is 2. The summed E-state index contributed by atoms with van der Waals surface area (Å²) in [7, 11) is 0. The van der Waals surface area contributed by atoms with E-state index in [4.69, 9.17) is 9.40 Å². The van der Waals surface area contributed by atoms with Gasteiger partial charge in [0.1, 0.15) is 5.52 Å². The lowest BCUT2D eigenvalue weighted by Crippen LogP contribution is -2.26. The van der Waals surface area contributed by atoms with E-state index < -0.39 is 0 Å². The van der Waals surface area contributed by atoms with Gasteiger partial charge in [-0.15, -0.1) is 11.3 Å². The van der Waals surface area contributed by atoms with Crippen molar-refractivity contribution in [3.8, 4) is 0 Å². The third kappa shape index (κ3) is 2.36. The lowest BCUT2D eigenvalue weighted by atomic mass is 9.90. The van der Waals surface area contributed by atoms with Gasteiger partial charge in [-0.2, -0.15) is 0 Å². The van der Waals surface area contributed by atoms with Crippen LogP contribution >= 0.6 is 11.3 Å². The second-order valence-electron chi connectivity index (χ2n) is 6.47. The average Bonchev–Trinajstić information content (AvgIpc) is 3.34. The minimum atomic E-state index is 0.600. The number of benzene rings is 1. The number of fused-ring (bicyclic) bond motifs is 3. The van der Waals surface area contributed by atoms with Crippen LogP contribution in [0.1, 0.15) is 35.1 Å². The summed E-state index contributed by atoms with van der Waals surface area (Å²) in [5.74, 6) is 1.40. The highest BCUT2D eigenvalue weighted by atomic mass is 32.1. The fraction of sp³-hybridized carbons (Fsp3) is 0.316. The predicted octanol–water partition coefficient (Wildman–Crippen LogP) is 4.43. The van der Waals surface area contributed by atoms with Gasteiger partial charge < -0.3 is 14.7 Å². The Morgan fingerprint density at radius 3 is 2.96 bits per heavy atom. The molecule has 0 unspecified atom stereocenters. The van der Waals surface area contributed by atoms with Crippen LogP contribution in [0.5, 0.6) is 0 Å². The van der Waals surface area contributed by atoms with Crippen molar-refractivity contribution < 1.29 is 4.42 Å². The topological polar surface area (TPSA) is 53.9 Å². The number of rotatable bonds is 3. The van der Waals surface area contributed by atoms with Gasteiger partial charge in [0.05, 0.1) is 6.42 Å². The van der Waals surface area contributed by atoms with E-state index in [1.165, 1.54) is 28.7 Å². The van der Waals surface area contributed by atoms with Crippen molar-refractivity contribution in [3.05, 3.63) is 52.2 Å². The molecule has 0 radical (unpaired) electrons. The van der Waals surface area contributed by atoms with Crippen molar-refractivity contribution in [1.82, 2.24) is 15.3 Å². The summed E-state index contributed by atoms with van der Waals surface area (Å²) in [6.45, 7) is 2.19. The van der Waals surface area contributed by atoms with Gasteiger partial charge in [-0.05, 0) is 61.0 Å². The minimum absolute atomic E-state index is 0.600. The molecule has 3 aromatic heterocycles. The molecule has 0 atom stereocenters. The van der Waals surface area contributed by atoms with Crippen molar-refractivity contribution >= 4 is 33.3 Å². The van der Waals surface area contributed by atoms with E-state index in [0.29, 0.717) is 5.92 Å². The van der Waals surface area contributed by atoms with Gasteiger partial charge in [-0.3, -0.25) is 0 Å². The molecule has 4 aromatic rings. The summed E-state index contributed by atoms with van der Waals surface area (Å²) in [5, 5.41) is 6.79. The van der Waals surface area contributed by atoms with Crippen molar-refractivity contribution in [1.29, 1.82) is 0 Å². The van der Waals surface area contributed by atoms with Gasteiger partial charge in [0, 0.05) is 22.0 Å². The molecular formula is C19H19N3OS. The molecule has 5 heteroatoms. The van der Waals surface area contributed by atoms with Crippen molar-refractivity contribution in [2.75, 3.05) is 13.1 Å². The maximum absolute atomic E-state index is 6.03. The fourth-order valence-corrected chi connectivity index (χ4v) is 4.47. The number of piperidine rings is 1. The fourth-order valence-electron chi connectivity index (χ4n) is 3.77. The number of oxazole rings is 1. The Balaban J connectivity index is 1.62. The second kappa shape index (κ2) is 5.76. The molecule has 2 N–H and O–H groups in total. The predicted molar refractivity (Wildman–Crippen MR) is 97.8 cm³/mol. The molecule has 0 aliphatic carbocycles. The summed E-state index contributed by atoms with van der Waals surface area (Å²) < 4.78 is 6.03. The van der Waals surface area contributed by atoms with E-state index in [1.54, 1.807) is 11.3 Å². The Hall–Kier alpha value is -2.11. The Labute approximate surface area is 143 Å². The van der Waals surface area contributed by atoms with Gasteiger partial charge in [-0.1, -0.05) is 6.07 Å². The zero-order chi connectivity index (χ0) is 15.9. The first-order valence-corrected chi connectivity index (χ1v) is 9.39. The molecule has 0 spiro atoms. The van der Waals surface area contributed by atoms with Crippen molar-refractivity contribution in [2.24, 2.45) is 0 Å². The van der Waals surface area contributed by atoms with Crippen LogP contribution in [0.15, 0.2) is 40.3 Å². The number of nitrogens with one attached hydrogen (secondary N) is 2. The quantitative estimate of drug-likeness (QED) is 0.581. The van der Waals surface area contributed by atoms with E-state index in [1.807, 2.05) is 6.07 Å². The first kappa shape index (κ1) is 14.3. The second-order valence-corrected chi connectivity index (χ2v) is 7.50. The van der Waals surface area contributed by atoms with Gasteiger partial charge in [0.25, 0.3) is 0 Å². The maximum Gasteiger partial charge on any atom is 0.200 e. The first-order valence-electron chi connectivity index (χ1n) is 8.51. The van der Waals surface area contributed by atoms with E-state index in [0.717, 1.165) is 42.0 Å². The van der Waals surface area contributed by atoms with Gasteiger partial charge in [-0.25, -0.2) is 4.98 Å². The number of hydrogen-bond acceptors (Lipinski definition) is 4. The molecule has 1 aliphatic heterocycles. The zero-order valence-electron chi connectivity index (χ0n) is 13.3. The highest BCUT2D eigenvalue weighted by Gasteiger charge is 2.21. The lowest BCUT2D eigenvalue weighted by Gasteiger charge is -2.22. The summed E-state index contributed by atoms with van der Waals surface area (Å²) in [5.41, 5.74) is 4.46. The van der Waals surface area contributed by atoms with Crippen LogP contribution in [0.2, 0.25) is 0 Å². The molecule has 1 aromatic carbocycles. The third-order valence-electron chi connectivity index (χ3n) is 4.96. The molecule has 4 heterocycles. The average molecular weight is 337 g/mol. The van der Waals surface area contributed by atoms with Crippen LogP contribution in [-0.4, -0.2) is 23.1 Å². The van der Waals surface area contributed by atoms with Crippen molar-refractivity contribution in [2.45, 2.75) is 25.2 Å². The lowest BCUT2D eigenvalue weighted by molar-refractivity contribution is 0.462. The molecule has 24 heavy (non-hydrogen) atoms. The van der Waals surface area contributed by atoms with Gasteiger partial charge in [0.15, 0.2) is 5.58 Å². The van der Waals surface area contributed by atoms with E-state index in [-0.39, 0.29) is 0 Å². The van der Waals surface area contributed by atoms with Crippen LogP contribution in [0.3, 0.4) is 0 Å². The minimum Gasteiger partial charge on any atom is -0.440 e.